The Balaban J connectivity index is 3.75. The molecule has 0 radical (unpaired) electrons. The van der Waals surface area contributed by atoms with Crippen molar-refractivity contribution in [3.05, 3.63) is 12.2 Å². The molecule has 0 saturated heterocycles. The zero-order valence-corrected chi connectivity index (χ0v) is 32.4. The normalized spacial score (nSPS) is 13.7. The molecule has 48 heavy (non-hydrogen) atoms. The van der Waals surface area contributed by atoms with Gasteiger partial charge in [-0.25, -0.2) is 4.57 Å². The highest BCUT2D eigenvalue weighted by atomic mass is 31.2. The van der Waals surface area contributed by atoms with Crippen LogP contribution in [-0.2, 0) is 27.9 Å². The van der Waals surface area contributed by atoms with Gasteiger partial charge in [0.05, 0.1) is 19.8 Å². The summed E-state index contributed by atoms with van der Waals surface area (Å²) in [4.78, 5) is 22.1. The van der Waals surface area contributed by atoms with Crippen molar-refractivity contribution in [3.8, 4) is 0 Å². The maximum Gasteiger partial charge on any atom is 0.472 e. The zero-order valence-electron chi connectivity index (χ0n) is 31.5. The number of hydrogen-bond acceptors (Lipinski definition) is 7. The second-order valence-corrected chi connectivity index (χ2v) is 15.0. The molecule has 3 N–H and O–H groups in total. The predicted octanol–water partition coefficient (Wildman–Crippen LogP) is 11.5. The predicted molar refractivity (Wildman–Crippen MR) is 201 cm³/mol. The van der Waals surface area contributed by atoms with Gasteiger partial charge in [0.1, 0.15) is 6.10 Å². The third-order valence-electron chi connectivity index (χ3n) is 8.68. The lowest BCUT2D eigenvalue weighted by atomic mass is 10.0. The number of hydrogen-bond donors (Lipinski definition) is 2. The van der Waals surface area contributed by atoms with E-state index in [0.717, 1.165) is 44.9 Å². The van der Waals surface area contributed by atoms with E-state index in [9.17, 15) is 14.3 Å². The lowest BCUT2D eigenvalue weighted by Crippen LogP contribution is -2.28. The van der Waals surface area contributed by atoms with Crippen LogP contribution in [0.2, 0.25) is 0 Å². The van der Waals surface area contributed by atoms with Crippen molar-refractivity contribution in [2.24, 2.45) is 5.73 Å². The molecule has 9 heteroatoms. The molecule has 0 aliphatic carbocycles. The summed E-state index contributed by atoms with van der Waals surface area (Å²) in [6, 6.07) is 0. The fourth-order valence-corrected chi connectivity index (χ4v) is 6.46. The van der Waals surface area contributed by atoms with Crippen LogP contribution in [-0.4, -0.2) is 49.9 Å². The van der Waals surface area contributed by atoms with E-state index in [1.165, 1.54) is 128 Å². The van der Waals surface area contributed by atoms with Crippen molar-refractivity contribution >= 4 is 13.8 Å². The number of carbonyl (C=O) groups excluding carboxylic acids is 1. The van der Waals surface area contributed by atoms with Gasteiger partial charge in [-0.15, -0.1) is 0 Å². The third-order valence-corrected chi connectivity index (χ3v) is 9.67. The molecule has 2 atom stereocenters. The summed E-state index contributed by atoms with van der Waals surface area (Å²) in [6.45, 7) is 4.85. The molecule has 0 rings (SSSR count). The molecule has 0 bridgehead atoms. The quantitative estimate of drug-likeness (QED) is 0.0281. The monoisotopic (exact) mass is 704 g/mol. The molecular weight excluding hydrogens is 625 g/mol. The number of phosphoric ester groups is 1. The van der Waals surface area contributed by atoms with Gasteiger partial charge >= 0.3 is 13.8 Å². The minimum atomic E-state index is -4.25. The molecule has 0 spiro atoms. The molecular formula is C39H78NO7P. The molecule has 0 aliphatic heterocycles. The van der Waals surface area contributed by atoms with Gasteiger partial charge in [0.15, 0.2) is 0 Å². The lowest BCUT2D eigenvalue weighted by Gasteiger charge is -2.20. The van der Waals surface area contributed by atoms with E-state index in [2.05, 4.69) is 26.0 Å². The number of phosphoric acid groups is 1. The maximum absolute atomic E-state index is 12.3. The van der Waals surface area contributed by atoms with Gasteiger partial charge < -0.3 is 20.1 Å². The highest BCUT2D eigenvalue weighted by Gasteiger charge is 2.25. The Kier molecular flexibility index (Phi) is 36.9. The van der Waals surface area contributed by atoms with Crippen molar-refractivity contribution in [2.45, 2.75) is 200 Å². The Morgan fingerprint density at radius 1 is 0.604 bits per heavy atom. The van der Waals surface area contributed by atoms with Crippen LogP contribution in [0.25, 0.3) is 0 Å². The molecule has 0 aromatic heterocycles. The first-order valence-electron chi connectivity index (χ1n) is 20.2. The summed E-state index contributed by atoms with van der Waals surface area (Å²) in [6.07, 6.45) is 38.5. The number of carbonyl (C=O) groups is 1. The Bertz CT molecular complexity index is 752. The number of esters is 1. The SMILES string of the molecule is CCCCCCCCCC/C=C\CCCCCCCCCCCCCCOCC(COP(=O)(O)OCCN)OC(=O)CCCCCCC. The molecule has 286 valence electrons. The first-order valence-corrected chi connectivity index (χ1v) is 21.7. The van der Waals surface area contributed by atoms with Crippen LogP contribution < -0.4 is 5.73 Å². The van der Waals surface area contributed by atoms with Crippen molar-refractivity contribution in [1.82, 2.24) is 0 Å². The summed E-state index contributed by atoms with van der Waals surface area (Å²) in [5.74, 6) is -0.341. The van der Waals surface area contributed by atoms with Crippen LogP contribution in [0.5, 0.6) is 0 Å². The average Bonchev–Trinajstić information content (AvgIpc) is 3.07. The molecule has 0 heterocycles. The minimum Gasteiger partial charge on any atom is -0.457 e. The average molecular weight is 704 g/mol. The summed E-state index contributed by atoms with van der Waals surface area (Å²) in [7, 11) is -4.25. The summed E-state index contributed by atoms with van der Waals surface area (Å²) < 4.78 is 33.1. The van der Waals surface area contributed by atoms with E-state index < -0.39 is 13.9 Å². The second-order valence-electron chi connectivity index (χ2n) is 13.5. The standard InChI is InChI=1S/C39H78NO7P/c1-3-5-7-9-10-11-12-13-14-15-16-17-18-19-20-21-22-23-24-25-26-27-29-31-34-44-36-38(37-46-48(42,43)45-35-33-40)47-39(41)32-30-28-8-6-4-2/h15-16,38H,3-14,17-37,40H2,1-2H3,(H,42,43)/b16-15-. The second kappa shape index (κ2) is 37.5. The van der Waals surface area contributed by atoms with Gasteiger partial charge in [0.2, 0.25) is 0 Å². The van der Waals surface area contributed by atoms with Crippen LogP contribution in [0.1, 0.15) is 194 Å². The maximum atomic E-state index is 12.3. The fraction of sp³-hybridized carbons (Fsp3) is 0.923. The molecule has 0 fully saturated rings. The molecule has 0 aromatic rings. The van der Waals surface area contributed by atoms with Gasteiger partial charge in [0, 0.05) is 19.6 Å². The van der Waals surface area contributed by atoms with Gasteiger partial charge in [-0.2, -0.15) is 0 Å². The van der Waals surface area contributed by atoms with Gasteiger partial charge in [0.25, 0.3) is 0 Å². The first kappa shape index (κ1) is 47.2. The smallest absolute Gasteiger partial charge is 0.457 e. The van der Waals surface area contributed by atoms with Crippen LogP contribution in [0.3, 0.4) is 0 Å². The molecule has 0 amide bonds. The summed E-state index contributed by atoms with van der Waals surface area (Å²) in [5.41, 5.74) is 5.33. The first-order chi connectivity index (χ1) is 23.4. The topological polar surface area (TPSA) is 117 Å². The number of unbranched alkanes of at least 4 members (excludes halogenated alkanes) is 24. The highest BCUT2D eigenvalue weighted by Crippen LogP contribution is 2.43. The highest BCUT2D eigenvalue weighted by molar-refractivity contribution is 7.47. The van der Waals surface area contributed by atoms with Crippen molar-refractivity contribution in [2.75, 3.05) is 33.0 Å². The van der Waals surface area contributed by atoms with Crippen molar-refractivity contribution in [3.63, 3.8) is 0 Å². The molecule has 0 aliphatic rings. The number of allylic oxidation sites excluding steroid dienone is 2. The molecule has 0 aromatic carbocycles. The number of ether oxygens (including phenoxy) is 2. The van der Waals surface area contributed by atoms with Gasteiger partial charge in [-0.3, -0.25) is 13.8 Å². The Morgan fingerprint density at radius 3 is 1.52 bits per heavy atom. The van der Waals surface area contributed by atoms with E-state index in [1.807, 2.05) is 0 Å². The van der Waals surface area contributed by atoms with E-state index >= 15 is 0 Å². The third kappa shape index (κ3) is 36.5. The number of nitrogens with two attached hydrogens (primary N) is 1. The van der Waals surface area contributed by atoms with Crippen molar-refractivity contribution in [1.29, 1.82) is 0 Å². The van der Waals surface area contributed by atoms with E-state index in [-0.39, 0.29) is 32.3 Å². The van der Waals surface area contributed by atoms with Gasteiger partial charge in [-0.1, -0.05) is 161 Å². The van der Waals surface area contributed by atoms with Crippen LogP contribution >= 0.6 is 7.82 Å². The van der Waals surface area contributed by atoms with Crippen LogP contribution in [0.4, 0.5) is 0 Å². The fourth-order valence-electron chi connectivity index (χ4n) is 5.70. The molecule has 0 saturated carbocycles. The molecule has 8 nitrogen and oxygen atoms in total. The Morgan fingerprint density at radius 2 is 1.04 bits per heavy atom. The number of rotatable bonds is 39. The summed E-state index contributed by atoms with van der Waals surface area (Å²) in [5, 5.41) is 0. The Labute approximate surface area is 296 Å². The lowest BCUT2D eigenvalue weighted by molar-refractivity contribution is -0.154. The largest absolute Gasteiger partial charge is 0.472 e. The minimum absolute atomic E-state index is 0.0930. The Hall–Kier alpha value is -0.760. The zero-order chi connectivity index (χ0) is 35.2. The van der Waals surface area contributed by atoms with Crippen molar-refractivity contribution < 1.29 is 32.8 Å². The van der Waals surface area contributed by atoms with Crippen LogP contribution in [0, 0.1) is 0 Å². The van der Waals surface area contributed by atoms with E-state index in [4.69, 9.17) is 24.3 Å². The summed E-state index contributed by atoms with van der Waals surface area (Å²) >= 11 is 0. The van der Waals surface area contributed by atoms with Crippen LogP contribution in [0.15, 0.2) is 12.2 Å². The van der Waals surface area contributed by atoms with Gasteiger partial charge in [-0.05, 0) is 38.5 Å². The van der Waals surface area contributed by atoms with E-state index in [0.29, 0.717) is 13.0 Å². The molecule has 2 unspecified atom stereocenters. The van der Waals surface area contributed by atoms with E-state index in [1.54, 1.807) is 0 Å².